The molecule has 1 aliphatic heterocycles. The molecule has 0 N–H and O–H groups in total. The van der Waals surface area contributed by atoms with Crippen molar-refractivity contribution in [2.24, 2.45) is 0 Å². The Kier molecular flexibility index (Phi) is 7.63. The Morgan fingerprint density at radius 1 is 0.826 bits per heavy atom. The minimum Gasteiger partial charge on any atom is -0.492 e. The Balaban J connectivity index is 0.00000192. The van der Waals surface area contributed by atoms with Crippen LogP contribution in [-0.4, -0.2) is 31.1 Å². The van der Waals surface area contributed by atoms with Gasteiger partial charge in [0.25, 0.3) is 0 Å². The number of halogens is 1. The van der Waals surface area contributed by atoms with E-state index in [4.69, 9.17) is 4.74 Å². The zero-order chi connectivity index (χ0) is 15.0. The normalized spacial score (nSPS) is 15.0. The van der Waals surface area contributed by atoms with E-state index in [2.05, 4.69) is 59.5 Å². The van der Waals surface area contributed by atoms with Crippen molar-refractivity contribution in [2.45, 2.75) is 25.7 Å². The van der Waals surface area contributed by atoms with Crippen molar-refractivity contribution in [3.05, 3.63) is 65.7 Å². The number of nitrogens with zero attached hydrogens (tertiary/aromatic N) is 1. The van der Waals surface area contributed by atoms with Crippen LogP contribution in [0.25, 0.3) is 0 Å². The minimum atomic E-state index is 0. The van der Waals surface area contributed by atoms with Crippen LogP contribution in [0, 0.1) is 0 Å². The van der Waals surface area contributed by atoms with Crippen LogP contribution >= 0.6 is 17.0 Å². The number of rotatable bonds is 6. The molecular formula is C20H26BrNO. The van der Waals surface area contributed by atoms with Crippen LogP contribution in [0.1, 0.15) is 30.4 Å². The Hall–Kier alpha value is -1.32. The fourth-order valence-electron chi connectivity index (χ4n) is 3.05. The summed E-state index contributed by atoms with van der Waals surface area (Å²) in [5.74, 6) is 0.991. The molecule has 0 saturated carbocycles. The van der Waals surface area contributed by atoms with Crippen LogP contribution in [0.5, 0.6) is 5.75 Å². The highest BCUT2D eigenvalue weighted by atomic mass is 79.9. The summed E-state index contributed by atoms with van der Waals surface area (Å²) < 4.78 is 5.95. The molecule has 2 nitrogen and oxygen atoms in total. The molecule has 1 heterocycles. The fraction of sp³-hybridized carbons (Fsp3) is 0.400. The highest BCUT2D eigenvalue weighted by molar-refractivity contribution is 8.93. The van der Waals surface area contributed by atoms with Crippen LogP contribution in [0.2, 0.25) is 0 Å². The smallest absolute Gasteiger partial charge is 0.119 e. The zero-order valence-corrected chi connectivity index (χ0v) is 15.3. The van der Waals surface area contributed by atoms with E-state index in [0.717, 1.165) is 25.3 Å². The van der Waals surface area contributed by atoms with Gasteiger partial charge in [-0.25, -0.2) is 0 Å². The molecule has 124 valence electrons. The van der Waals surface area contributed by atoms with Crippen molar-refractivity contribution >= 4 is 17.0 Å². The lowest BCUT2D eigenvalue weighted by molar-refractivity contribution is 0.183. The molecule has 0 radical (unpaired) electrons. The number of benzene rings is 2. The first-order chi connectivity index (χ1) is 10.9. The Morgan fingerprint density at radius 2 is 1.57 bits per heavy atom. The zero-order valence-electron chi connectivity index (χ0n) is 13.6. The maximum absolute atomic E-state index is 5.95. The third-order valence-electron chi connectivity index (χ3n) is 4.27. The second-order valence-electron chi connectivity index (χ2n) is 6.06. The lowest BCUT2D eigenvalue weighted by Crippen LogP contribution is -2.33. The molecule has 0 unspecified atom stereocenters. The molecule has 0 spiro atoms. The average Bonchev–Trinajstić information content (AvgIpc) is 2.57. The third kappa shape index (κ3) is 6.00. The molecule has 0 amide bonds. The van der Waals surface area contributed by atoms with Crippen molar-refractivity contribution in [2.75, 3.05) is 26.2 Å². The Bertz CT molecular complexity index is 567. The SMILES string of the molecule is Br.c1ccc(Cc2cccc(OCCN3CCCCC3)c2)cc1. The van der Waals surface area contributed by atoms with Crippen molar-refractivity contribution in [1.29, 1.82) is 0 Å². The van der Waals surface area contributed by atoms with Gasteiger partial charge in [-0.05, 0) is 55.6 Å². The van der Waals surface area contributed by atoms with Gasteiger partial charge in [0.1, 0.15) is 12.4 Å². The Labute approximate surface area is 150 Å². The summed E-state index contributed by atoms with van der Waals surface area (Å²) in [7, 11) is 0. The van der Waals surface area contributed by atoms with E-state index in [1.54, 1.807) is 0 Å². The molecular weight excluding hydrogens is 350 g/mol. The second-order valence-corrected chi connectivity index (χ2v) is 6.06. The lowest BCUT2D eigenvalue weighted by Gasteiger charge is -2.26. The molecule has 0 atom stereocenters. The standard InChI is InChI=1S/C20H25NO.BrH/c1-3-8-18(9-4-1)16-19-10-7-11-20(17-19)22-15-14-21-12-5-2-6-13-21;/h1,3-4,7-11,17H,2,5-6,12-16H2;1H. The van der Waals surface area contributed by atoms with E-state index in [0.29, 0.717) is 0 Å². The van der Waals surface area contributed by atoms with Gasteiger partial charge in [-0.1, -0.05) is 48.9 Å². The van der Waals surface area contributed by atoms with Gasteiger partial charge < -0.3 is 4.74 Å². The van der Waals surface area contributed by atoms with Gasteiger partial charge >= 0.3 is 0 Å². The maximum atomic E-state index is 5.95. The quantitative estimate of drug-likeness (QED) is 0.723. The van der Waals surface area contributed by atoms with Crippen molar-refractivity contribution in [1.82, 2.24) is 4.90 Å². The van der Waals surface area contributed by atoms with Crippen LogP contribution in [-0.2, 0) is 6.42 Å². The third-order valence-corrected chi connectivity index (χ3v) is 4.27. The molecule has 0 aliphatic carbocycles. The highest BCUT2D eigenvalue weighted by Gasteiger charge is 2.09. The molecule has 2 aromatic carbocycles. The van der Waals surface area contributed by atoms with E-state index in [1.807, 2.05) is 0 Å². The summed E-state index contributed by atoms with van der Waals surface area (Å²) in [6, 6.07) is 19.1. The van der Waals surface area contributed by atoms with Gasteiger partial charge in [0.2, 0.25) is 0 Å². The molecule has 3 rings (SSSR count). The summed E-state index contributed by atoms with van der Waals surface area (Å²) >= 11 is 0. The Morgan fingerprint density at radius 3 is 2.35 bits per heavy atom. The van der Waals surface area contributed by atoms with Gasteiger partial charge in [-0.15, -0.1) is 17.0 Å². The monoisotopic (exact) mass is 375 g/mol. The maximum Gasteiger partial charge on any atom is 0.119 e. The van der Waals surface area contributed by atoms with Crippen molar-refractivity contribution in [3.8, 4) is 5.75 Å². The largest absolute Gasteiger partial charge is 0.492 e. The summed E-state index contributed by atoms with van der Waals surface area (Å²) in [6.45, 7) is 4.30. The highest BCUT2D eigenvalue weighted by Crippen LogP contribution is 2.17. The predicted molar refractivity (Wildman–Crippen MR) is 102 cm³/mol. The number of hydrogen-bond acceptors (Lipinski definition) is 2. The molecule has 23 heavy (non-hydrogen) atoms. The van der Waals surface area contributed by atoms with Crippen molar-refractivity contribution in [3.63, 3.8) is 0 Å². The summed E-state index contributed by atoms with van der Waals surface area (Å²) in [5.41, 5.74) is 2.65. The molecule has 2 aromatic rings. The van der Waals surface area contributed by atoms with Crippen LogP contribution in [0.4, 0.5) is 0 Å². The summed E-state index contributed by atoms with van der Waals surface area (Å²) in [6.07, 6.45) is 5.03. The van der Waals surface area contributed by atoms with Crippen LogP contribution < -0.4 is 4.74 Å². The molecule has 1 aliphatic rings. The van der Waals surface area contributed by atoms with E-state index in [-0.39, 0.29) is 17.0 Å². The lowest BCUT2D eigenvalue weighted by atomic mass is 10.1. The summed E-state index contributed by atoms with van der Waals surface area (Å²) in [4.78, 5) is 2.51. The van der Waals surface area contributed by atoms with Gasteiger partial charge in [0.15, 0.2) is 0 Å². The number of piperidine rings is 1. The van der Waals surface area contributed by atoms with E-state index < -0.39 is 0 Å². The first kappa shape index (κ1) is 18.0. The number of ether oxygens (including phenoxy) is 1. The van der Waals surface area contributed by atoms with Gasteiger partial charge in [-0.3, -0.25) is 4.90 Å². The summed E-state index contributed by atoms with van der Waals surface area (Å²) in [5, 5.41) is 0. The fourth-order valence-corrected chi connectivity index (χ4v) is 3.05. The van der Waals surface area contributed by atoms with Gasteiger partial charge in [-0.2, -0.15) is 0 Å². The first-order valence-electron chi connectivity index (χ1n) is 8.38. The molecule has 1 fully saturated rings. The molecule has 0 bridgehead atoms. The number of hydrogen-bond donors (Lipinski definition) is 0. The van der Waals surface area contributed by atoms with E-state index in [9.17, 15) is 0 Å². The topological polar surface area (TPSA) is 12.5 Å². The second kappa shape index (κ2) is 9.74. The predicted octanol–water partition coefficient (Wildman–Crippen LogP) is 4.72. The molecule has 3 heteroatoms. The average molecular weight is 376 g/mol. The van der Waals surface area contributed by atoms with Crippen LogP contribution in [0.3, 0.4) is 0 Å². The molecule has 1 saturated heterocycles. The van der Waals surface area contributed by atoms with Gasteiger partial charge in [0, 0.05) is 6.54 Å². The van der Waals surface area contributed by atoms with E-state index >= 15 is 0 Å². The van der Waals surface area contributed by atoms with Crippen LogP contribution in [0.15, 0.2) is 54.6 Å². The van der Waals surface area contributed by atoms with E-state index in [1.165, 1.54) is 43.5 Å². The number of likely N-dealkylation sites (tertiary alicyclic amines) is 1. The minimum absolute atomic E-state index is 0. The first-order valence-corrected chi connectivity index (χ1v) is 8.38. The van der Waals surface area contributed by atoms with Crippen molar-refractivity contribution < 1.29 is 4.74 Å². The van der Waals surface area contributed by atoms with Gasteiger partial charge in [0.05, 0.1) is 0 Å². The molecule has 0 aromatic heterocycles.